The molecule has 3 rings (SSSR count). The molecule has 5 heteroatoms. The van der Waals surface area contributed by atoms with Crippen molar-refractivity contribution in [2.45, 2.75) is 25.8 Å². The zero-order valence-corrected chi connectivity index (χ0v) is 10.9. The third-order valence-corrected chi connectivity index (χ3v) is 3.70. The van der Waals surface area contributed by atoms with Crippen LogP contribution in [-0.4, -0.2) is 28.7 Å². The fraction of sp³-hybridized carbons (Fsp3) is 0.429. The summed E-state index contributed by atoms with van der Waals surface area (Å²) in [5.41, 5.74) is 1.77. The fourth-order valence-electron chi connectivity index (χ4n) is 2.63. The number of carbonyl (C=O) groups excluding carboxylic acids is 1. The van der Waals surface area contributed by atoms with Gasteiger partial charge in [0, 0.05) is 23.0 Å². The van der Waals surface area contributed by atoms with Gasteiger partial charge in [-0.1, -0.05) is 0 Å². The van der Waals surface area contributed by atoms with Crippen molar-refractivity contribution in [3.05, 3.63) is 24.4 Å². The van der Waals surface area contributed by atoms with E-state index in [0.29, 0.717) is 6.04 Å². The van der Waals surface area contributed by atoms with Crippen molar-refractivity contribution in [3.63, 3.8) is 0 Å². The van der Waals surface area contributed by atoms with E-state index in [0.717, 1.165) is 36.0 Å². The van der Waals surface area contributed by atoms with Gasteiger partial charge in [-0.05, 0) is 44.5 Å². The summed E-state index contributed by atoms with van der Waals surface area (Å²) in [6, 6.07) is 6.21. The smallest absolute Gasteiger partial charge is 0.227 e. The Morgan fingerprint density at radius 1 is 1.47 bits per heavy atom. The molecule has 1 aromatic carbocycles. The SMILES string of the molecule is CC1CC(C(=O)Nc2ccc3cn[nH]c3c2)CCN1. The summed E-state index contributed by atoms with van der Waals surface area (Å²) in [5, 5.41) is 14.3. The topological polar surface area (TPSA) is 69.8 Å². The molecule has 1 aromatic heterocycles. The number of hydrogen-bond acceptors (Lipinski definition) is 3. The van der Waals surface area contributed by atoms with Gasteiger partial charge in [-0.3, -0.25) is 9.89 Å². The van der Waals surface area contributed by atoms with Crippen LogP contribution in [0.2, 0.25) is 0 Å². The quantitative estimate of drug-likeness (QED) is 0.770. The number of fused-ring (bicyclic) bond motifs is 1. The molecule has 1 aliphatic heterocycles. The fourth-order valence-corrected chi connectivity index (χ4v) is 2.63. The first-order valence-electron chi connectivity index (χ1n) is 6.70. The highest BCUT2D eigenvalue weighted by molar-refractivity contribution is 5.94. The van der Waals surface area contributed by atoms with Crippen LogP contribution >= 0.6 is 0 Å². The number of H-pyrrole nitrogens is 1. The van der Waals surface area contributed by atoms with E-state index in [9.17, 15) is 4.79 Å². The van der Waals surface area contributed by atoms with Crippen molar-refractivity contribution in [1.29, 1.82) is 0 Å². The lowest BCUT2D eigenvalue weighted by Gasteiger charge is -2.27. The van der Waals surface area contributed by atoms with Gasteiger partial charge in [0.05, 0.1) is 11.7 Å². The van der Waals surface area contributed by atoms with Crippen LogP contribution in [0.1, 0.15) is 19.8 Å². The Morgan fingerprint density at radius 3 is 3.21 bits per heavy atom. The highest BCUT2D eigenvalue weighted by atomic mass is 16.1. The van der Waals surface area contributed by atoms with Gasteiger partial charge >= 0.3 is 0 Å². The summed E-state index contributed by atoms with van der Waals surface area (Å²) in [6.07, 6.45) is 3.58. The minimum Gasteiger partial charge on any atom is -0.326 e. The molecule has 2 heterocycles. The zero-order valence-electron chi connectivity index (χ0n) is 10.9. The largest absolute Gasteiger partial charge is 0.326 e. The van der Waals surface area contributed by atoms with E-state index in [1.807, 2.05) is 18.2 Å². The standard InChI is InChI=1S/C14H18N4O/c1-9-6-10(4-5-15-9)14(19)17-12-3-2-11-8-16-18-13(11)7-12/h2-3,7-10,15H,4-6H2,1H3,(H,16,18)(H,17,19). The van der Waals surface area contributed by atoms with Gasteiger partial charge in [0.15, 0.2) is 0 Å². The first-order chi connectivity index (χ1) is 9.22. The van der Waals surface area contributed by atoms with Gasteiger partial charge < -0.3 is 10.6 Å². The monoisotopic (exact) mass is 258 g/mol. The summed E-state index contributed by atoms with van der Waals surface area (Å²) in [4.78, 5) is 12.2. The van der Waals surface area contributed by atoms with Crippen LogP contribution in [0, 0.1) is 5.92 Å². The van der Waals surface area contributed by atoms with E-state index in [1.165, 1.54) is 0 Å². The molecule has 2 aromatic rings. The van der Waals surface area contributed by atoms with Crippen LogP contribution in [0.4, 0.5) is 5.69 Å². The van der Waals surface area contributed by atoms with Crippen LogP contribution in [0.25, 0.3) is 10.9 Å². The van der Waals surface area contributed by atoms with E-state index in [-0.39, 0.29) is 11.8 Å². The van der Waals surface area contributed by atoms with Crippen molar-refractivity contribution >= 4 is 22.5 Å². The maximum absolute atomic E-state index is 12.2. The molecule has 19 heavy (non-hydrogen) atoms. The van der Waals surface area contributed by atoms with Crippen LogP contribution < -0.4 is 10.6 Å². The number of amides is 1. The number of nitrogens with zero attached hydrogens (tertiary/aromatic N) is 1. The molecular formula is C14H18N4O. The van der Waals surface area contributed by atoms with E-state index in [4.69, 9.17) is 0 Å². The first-order valence-corrected chi connectivity index (χ1v) is 6.70. The van der Waals surface area contributed by atoms with E-state index < -0.39 is 0 Å². The van der Waals surface area contributed by atoms with Crippen LogP contribution in [0.15, 0.2) is 24.4 Å². The van der Waals surface area contributed by atoms with E-state index in [1.54, 1.807) is 6.20 Å². The summed E-state index contributed by atoms with van der Waals surface area (Å²) in [7, 11) is 0. The lowest BCUT2D eigenvalue weighted by molar-refractivity contribution is -0.120. The van der Waals surface area contributed by atoms with Crippen molar-refractivity contribution in [2.24, 2.45) is 5.92 Å². The zero-order chi connectivity index (χ0) is 13.2. The minimum absolute atomic E-state index is 0.105. The number of aromatic amines is 1. The molecular weight excluding hydrogens is 240 g/mol. The molecule has 0 spiro atoms. The first kappa shape index (κ1) is 12.2. The Kier molecular flexibility index (Phi) is 3.21. The maximum Gasteiger partial charge on any atom is 0.227 e. The Hall–Kier alpha value is -1.88. The number of benzene rings is 1. The normalized spacial score (nSPS) is 23.4. The minimum atomic E-state index is 0.105. The Morgan fingerprint density at radius 2 is 2.37 bits per heavy atom. The van der Waals surface area contributed by atoms with E-state index in [2.05, 4.69) is 27.8 Å². The summed E-state index contributed by atoms with van der Waals surface area (Å²) < 4.78 is 0. The van der Waals surface area contributed by atoms with Gasteiger partial charge in [-0.15, -0.1) is 0 Å². The number of anilines is 1. The summed E-state index contributed by atoms with van der Waals surface area (Å²) in [5.74, 6) is 0.223. The number of piperidine rings is 1. The second-order valence-corrected chi connectivity index (χ2v) is 5.24. The van der Waals surface area contributed by atoms with Crippen LogP contribution in [0.5, 0.6) is 0 Å². The Bertz CT molecular complexity index is 592. The van der Waals surface area contributed by atoms with Gasteiger partial charge in [-0.2, -0.15) is 5.10 Å². The van der Waals surface area contributed by atoms with Crippen molar-refractivity contribution in [2.75, 3.05) is 11.9 Å². The highest BCUT2D eigenvalue weighted by Gasteiger charge is 2.24. The predicted octanol–water partition coefficient (Wildman–Crippen LogP) is 1.89. The lowest BCUT2D eigenvalue weighted by atomic mass is 9.92. The van der Waals surface area contributed by atoms with Crippen molar-refractivity contribution in [3.8, 4) is 0 Å². The molecule has 1 saturated heterocycles. The summed E-state index contributed by atoms with van der Waals surface area (Å²) >= 11 is 0. The van der Waals surface area contributed by atoms with Gasteiger partial charge in [0.2, 0.25) is 5.91 Å². The third-order valence-electron chi connectivity index (χ3n) is 3.70. The van der Waals surface area contributed by atoms with Gasteiger partial charge in [-0.25, -0.2) is 0 Å². The van der Waals surface area contributed by atoms with E-state index >= 15 is 0 Å². The van der Waals surface area contributed by atoms with Crippen LogP contribution in [-0.2, 0) is 4.79 Å². The maximum atomic E-state index is 12.2. The molecule has 3 N–H and O–H groups in total. The molecule has 1 amide bonds. The number of aromatic nitrogens is 2. The Balaban J connectivity index is 1.71. The second kappa shape index (κ2) is 5.01. The molecule has 0 radical (unpaired) electrons. The molecule has 2 atom stereocenters. The molecule has 2 unspecified atom stereocenters. The molecule has 1 fully saturated rings. The lowest BCUT2D eigenvalue weighted by Crippen LogP contribution is -2.40. The third kappa shape index (κ3) is 2.61. The van der Waals surface area contributed by atoms with Gasteiger partial charge in [0.1, 0.15) is 0 Å². The molecule has 5 nitrogen and oxygen atoms in total. The average Bonchev–Trinajstić information content (AvgIpc) is 2.86. The molecule has 0 saturated carbocycles. The van der Waals surface area contributed by atoms with Gasteiger partial charge in [0.25, 0.3) is 0 Å². The average molecular weight is 258 g/mol. The summed E-state index contributed by atoms with van der Waals surface area (Å²) in [6.45, 7) is 3.04. The molecule has 0 bridgehead atoms. The second-order valence-electron chi connectivity index (χ2n) is 5.24. The number of nitrogens with one attached hydrogen (secondary N) is 3. The van der Waals surface area contributed by atoms with Crippen molar-refractivity contribution < 1.29 is 4.79 Å². The molecule has 100 valence electrons. The Labute approximate surface area is 111 Å². The van der Waals surface area contributed by atoms with Crippen molar-refractivity contribution in [1.82, 2.24) is 15.5 Å². The number of rotatable bonds is 2. The molecule has 1 aliphatic rings. The predicted molar refractivity (Wildman–Crippen MR) is 74.9 cm³/mol. The van der Waals surface area contributed by atoms with Crippen LogP contribution in [0.3, 0.4) is 0 Å². The molecule has 0 aliphatic carbocycles. The highest BCUT2D eigenvalue weighted by Crippen LogP contribution is 2.20. The number of carbonyl (C=O) groups is 1. The number of hydrogen-bond donors (Lipinski definition) is 3.